The molecule has 0 aliphatic carbocycles. The van der Waals surface area contributed by atoms with E-state index in [1.807, 2.05) is 66.7 Å². The summed E-state index contributed by atoms with van der Waals surface area (Å²) in [7, 11) is 1.63. The molecular formula is C27H29ClN2O3. The molecule has 0 aliphatic heterocycles. The number of ether oxygens (including phenoxy) is 1. The average molecular weight is 465 g/mol. The van der Waals surface area contributed by atoms with Gasteiger partial charge in [0.15, 0.2) is 0 Å². The molecule has 1 atom stereocenters. The summed E-state index contributed by atoms with van der Waals surface area (Å²) in [5.41, 5.74) is 2.78. The van der Waals surface area contributed by atoms with Crippen LogP contribution in [-0.4, -0.2) is 30.4 Å². The van der Waals surface area contributed by atoms with Gasteiger partial charge in [0, 0.05) is 24.5 Å². The lowest BCUT2D eigenvalue weighted by Crippen LogP contribution is -2.43. The summed E-state index contributed by atoms with van der Waals surface area (Å²) in [6.07, 6.45) is 0.978. The molecule has 3 aromatic rings. The van der Waals surface area contributed by atoms with Crippen LogP contribution in [0.1, 0.15) is 36.1 Å². The van der Waals surface area contributed by atoms with Crippen molar-refractivity contribution in [2.24, 2.45) is 0 Å². The van der Waals surface area contributed by atoms with E-state index in [0.717, 1.165) is 22.4 Å². The highest BCUT2D eigenvalue weighted by Crippen LogP contribution is 2.25. The Balaban J connectivity index is 1.79. The van der Waals surface area contributed by atoms with E-state index in [1.165, 1.54) is 0 Å². The molecule has 5 nitrogen and oxygen atoms in total. The number of halogens is 1. The van der Waals surface area contributed by atoms with Gasteiger partial charge in [-0.1, -0.05) is 73.1 Å². The van der Waals surface area contributed by atoms with E-state index in [0.29, 0.717) is 31.0 Å². The molecule has 172 valence electrons. The van der Waals surface area contributed by atoms with E-state index < -0.39 is 6.04 Å². The molecular weight excluding hydrogens is 436 g/mol. The highest BCUT2D eigenvalue weighted by Gasteiger charge is 2.30. The monoisotopic (exact) mass is 464 g/mol. The van der Waals surface area contributed by atoms with Crippen molar-refractivity contribution < 1.29 is 14.3 Å². The fourth-order valence-corrected chi connectivity index (χ4v) is 3.77. The van der Waals surface area contributed by atoms with Crippen molar-refractivity contribution in [1.29, 1.82) is 0 Å². The molecule has 6 heteroatoms. The van der Waals surface area contributed by atoms with Gasteiger partial charge in [0.1, 0.15) is 11.8 Å². The van der Waals surface area contributed by atoms with Gasteiger partial charge in [-0.25, -0.2) is 0 Å². The molecule has 1 unspecified atom stereocenters. The topological polar surface area (TPSA) is 58.6 Å². The first-order valence-electron chi connectivity index (χ1n) is 11.0. The molecule has 2 amide bonds. The summed E-state index contributed by atoms with van der Waals surface area (Å²) in [5.74, 6) is 0.498. The van der Waals surface area contributed by atoms with Crippen LogP contribution in [0, 0.1) is 0 Å². The van der Waals surface area contributed by atoms with E-state index in [4.69, 9.17) is 16.3 Å². The second kappa shape index (κ2) is 12.1. The Bertz CT molecular complexity index is 1040. The predicted molar refractivity (Wildman–Crippen MR) is 131 cm³/mol. The Morgan fingerprint density at radius 3 is 2.18 bits per heavy atom. The van der Waals surface area contributed by atoms with Crippen molar-refractivity contribution in [3.63, 3.8) is 0 Å². The molecule has 3 rings (SSSR count). The molecule has 0 heterocycles. The number of nitrogens with one attached hydrogen (secondary N) is 1. The maximum atomic E-state index is 13.4. The van der Waals surface area contributed by atoms with E-state index in [2.05, 4.69) is 5.32 Å². The van der Waals surface area contributed by atoms with Crippen LogP contribution < -0.4 is 10.1 Å². The number of benzene rings is 3. The minimum absolute atomic E-state index is 0.0934. The number of nitrogens with zero attached hydrogens (tertiary/aromatic N) is 1. The lowest BCUT2D eigenvalue weighted by molar-refractivity contribution is -0.141. The van der Waals surface area contributed by atoms with Crippen molar-refractivity contribution in [2.75, 3.05) is 13.7 Å². The van der Waals surface area contributed by atoms with Gasteiger partial charge in [-0.2, -0.15) is 0 Å². The summed E-state index contributed by atoms with van der Waals surface area (Å²) in [6.45, 7) is 2.58. The van der Waals surface area contributed by atoms with Crippen LogP contribution in [0.15, 0.2) is 78.9 Å². The first-order valence-corrected chi connectivity index (χ1v) is 11.4. The molecule has 33 heavy (non-hydrogen) atoms. The van der Waals surface area contributed by atoms with E-state index in [1.54, 1.807) is 31.1 Å². The lowest BCUT2D eigenvalue weighted by atomic mass is 10.0. The number of hydrogen-bond donors (Lipinski definition) is 1. The number of rotatable bonds is 10. The molecule has 3 aromatic carbocycles. The standard InChI is InChI=1S/C27H29ClN2O3/c1-3-25(31)30(19-21-9-13-23(28)14-10-21)26(22-7-5-4-6-8-22)27(32)29-18-17-20-11-15-24(33-2)16-12-20/h4-16,26H,3,17-19H2,1-2H3,(H,29,32). The van der Waals surface area contributed by atoms with Crippen LogP contribution >= 0.6 is 11.6 Å². The molecule has 0 saturated heterocycles. The SMILES string of the molecule is CCC(=O)N(Cc1ccc(Cl)cc1)C(C(=O)NCCc1ccc(OC)cc1)c1ccccc1. The van der Waals surface area contributed by atoms with Gasteiger partial charge in [-0.15, -0.1) is 0 Å². The first kappa shape index (κ1) is 24.3. The van der Waals surface area contributed by atoms with E-state index in [9.17, 15) is 9.59 Å². The van der Waals surface area contributed by atoms with Crippen LogP contribution in [0.25, 0.3) is 0 Å². The molecule has 0 radical (unpaired) electrons. The van der Waals surface area contributed by atoms with Gasteiger partial charge >= 0.3 is 0 Å². The van der Waals surface area contributed by atoms with Gasteiger partial charge in [-0.3, -0.25) is 9.59 Å². The number of amides is 2. The van der Waals surface area contributed by atoms with Gasteiger partial charge < -0.3 is 15.0 Å². The zero-order valence-electron chi connectivity index (χ0n) is 19.0. The largest absolute Gasteiger partial charge is 0.497 e. The quantitative estimate of drug-likeness (QED) is 0.449. The fraction of sp³-hybridized carbons (Fsp3) is 0.259. The van der Waals surface area contributed by atoms with Crippen LogP contribution in [0.2, 0.25) is 5.02 Å². The second-order valence-corrected chi connectivity index (χ2v) is 8.14. The summed E-state index contributed by atoms with van der Waals surface area (Å²) in [5, 5.41) is 3.66. The highest BCUT2D eigenvalue weighted by molar-refractivity contribution is 6.30. The van der Waals surface area contributed by atoms with Crippen LogP contribution in [0.3, 0.4) is 0 Å². The van der Waals surface area contributed by atoms with Crippen LogP contribution in [0.4, 0.5) is 0 Å². The molecule has 0 fully saturated rings. The second-order valence-electron chi connectivity index (χ2n) is 7.70. The van der Waals surface area contributed by atoms with Gasteiger partial charge in [0.2, 0.25) is 11.8 Å². The van der Waals surface area contributed by atoms with Crippen molar-refractivity contribution in [3.8, 4) is 5.75 Å². The third-order valence-corrected chi connectivity index (χ3v) is 5.69. The molecule has 1 N–H and O–H groups in total. The molecule has 0 aromatic heterocycles. The summed E-state index contributed by atoms with van der Waals surface area (Å²) < 4.78 is 5.19. The number of carbonyl (C=O) groups excluding carboxylic acids is 2. The Morgan fingerprint density at radius 2 is 1.58 bits per heavy atom. The van der Waals surface area contributed by atoms with Gasteiger partial charge in [0.25, 0.3) is 0 Å². The normalized spacial score (nSPS) is 11.5. The fourth-order valence-electron chi connectivity index (χ4n) is 3.64. The third kappa shape index (κ3) is 6.83. The molecule has 0 spiro atoms. The number of carbonyl (C=O) groups is 2. The Kier molecular flexibility index (Phi) is 8.90. The van der Waals surface area contributed by atoms with Crippen LogP contribution in [-0.2, 0) is 22.6 Å². The zero-order valence-corrected chi connectivity index (χ0v) is 19.7. The predicted octanol–water partition coefficient (Wildman–Crippen LogP) is 5.19. The maximum absolute atomic E-state index is 13.4. The molecule has 0 bridgehead atoms. The first-order chi connectivity index (χ1) is 16.0. The van der Waals surface area contributed by atoms with E-state index in [-0.39, 0.29) is 11.8 Å². The van der Waals surface area contributed by atoms with Crippen LogP contribution in [0.5, 0.6) is 5.75 Å². The average Bonchev–Trinajstić information content (AvgIpc) is 2.85. The lowest BCUT2D eigenvalue weighted by Gasteiger charge is -2.31. The smallest absolute Gasteiger partial charge is 0.247 e. The summed E-state index contributed by atoms with van der Waals surface area (Å²) in [4.78, 5) is 28.0. The van der Waals surface area contributed by atoms with Gasteiger partial charge in [0.05, 0.1) is 7.11 Å². The zero-order chi connectivity index (χ0) is 23.6. The highest BCUT2D eigenvalue weighted by atomic mass is 35.5. The van der Waals surface area contributed by atoms with E-state index >= 15 is 0 Å². The Hall–Kier alpha value is -3.31. The van der Waals surface area contributed by atoms with Crippen molar-refractivity contribution in [2.45, 2.75) is 32.4 Å². The van der Waals surface area contributed by atoms with Crippen molar-refractivity contribution >= 4 is 23.4 Å². The molecule has 0 aliphatic rings. The Labute approximate surface area is 200 Å². The minimum Gasteiger partial charge on any atom is -0.497 e. The Morgan fingerprint density at radius 1 is 0.939 bits per heavy atom. The molecule has 0 saturated carbocycles. The maximum Gasteiger partial charge on any atom is 0.247 e. The number of methoxy groups -OCH3 is 1. The third-order valence-electron chi connectivity index (χ3n) is 5.44. The van der Waals surface area contributed by atoms with Gasteiger partial charge in [-0.05, 0) is 47.4 Å². The number of hydrogen-bond acceptors (Lipinski definition) is 3. The summed E-state index contributed by atoms with van der Waals surface area (Å²) in [6, 6.07) is 23.8. The summed E-state index contributed by atoms with van der Waals surface area (Å²) >= 11 is 6.02. The van der Waals surface area contributed by atoms with Crippen molar-refractivity contribution in [3.05, 3.63) is 101 Å². The van der Waals surface area contributed by atoms with Crippen molar-refractivity contribution in [1.82, 2.24) is 10.2 Å². The minimum atomic E-state index is -0.731.